The second-order valence-electron chi connectivity index (χ2n) is 4.36. The summed E-state index contributed by atoms with van der Waals surface area (Å²) in [5, 5.41) is 13.3. The molecule has 1 N–H and O–H groups in total. The Labute approximate surface area is 104 Å². The van der Waals surface area contributed by atoms with Gasteiger partial charge in [-0.2, -0.15) is 5.26 Å². The van der Waals surface area contributed by atoms with Crippen LogP contribution < -0.4 is 5.32 Å². The third-order valence-electron chi connectivity index (χ3n) is 2.95. The van der Waals surface area contributed by atoms with Gasteiger partial charge >= 0.3 is 0 Å². The summed E-state index contributed by atoms with van der Waals surface area (Å²) < 4.78 is 0. The SMILES string of the molecule is CC1CCCC(Nc2nc(Cl)c(C#N)s2)C1. The summed E-state index contributed by atoms with van der Waals surface area (Å²) in [5.41, 5.74) is 0. The molecule has 1 fully saturated rings. The normalized spacial score (nSPS) is 25.1. The van der Waals surface area contributed by atoms with E-state index in [2.05, 4.69) is 17.2 Å². The number of nitrogens with one attached hydrogen (secondary N) is 1. The van der Waals surface area contributed by atoms with Crippen molar-refractivity contribution >= 4 is 28.1 Å². The highest BCUT2D eigenvalue weighted by Gasteiger charge is 2.20. The Hall–Kier alpha value is -0.790. The van der Waals surface area contributed by atoms with Crippen LogP contribution in [0.4, 0.5) is 5.13 Å². The second kappa shape index (κ2) is 5.03. The van der Waals surface area contributed by atoms with E-state index in [-0.39, 0.29) is 0 Å². The van der Waals surface area contributed by atoms with Gasteiger partial charge in [0.2, 0.25) is 0 Å². The molecular weight excluding hydrogens is 242 g/mol. The van der Waals surface area contributed by atoms with Gasteiger partial charge in [-0.25, -0.2) is 4.98 Å². The first kappa shape index (κ1) is 11.7. The van der Waals surface area contributed by atoms with Gasteiger partial charge in [-0.05, 0) is 18.8 Å². The number of nitriles is 1. The maximum Gasteiger partial charge on any atom is 0.185 e. The fourth-order valence-corrected chi connectivity index (χ4v) is 3.20. The van der Waals surface area contributed by atoms with Crippen LogP contribution in [0.15, 0.2) is 0 Å². The van der Waals surface area contributed by atoms with Gasteiger partial charge in [-0.3, -0.25) is 0 Å². The minimum absolute atomic E-state index is 0.318. The first-order valence-electron chi connectivity index (χ1n) is 5.52. The van der Waals surface area contributed by atoms with Crippen LogP contribution in [0.1, 0.15) is 37.5 Å². The summed E-state index contributed by atoms with van der Waals surface area (Å²) in [7, 11) is 0. The number of nitrogens with zero attached hydrogens (tertiary/aromatic N) is 2. The van der Waals surface area contributed by atoms with E-state index in [4.69, 9.17) is 16.9 Å². The average molecular weight is 256 g/mol. The zero-order valence-electron chi connectivity index (χ0n) is 9.16. The van der Waals surface area contributed by atoms with Crippen molar-refractivity contribution in [2.75, 3.05) is 5.32 Å². The minimum Gasteiger partial charge on any atom is -0.359 e. The number of aromatic nitrogens is 1. The zero-order chi connectivity index (χ0) is 11.5. The number of anilines is 1. The predicted octanol–water partition coefficient (Wildman–Crippen LogP) is 3.66. The molecule has 0 aromatic carbocycles. The molecule has 0 bridgehead atoms. The van der Waals surface area contributed by atoms with Crippen LogP contribution in [0, 0.1) is 17.2 Å². The molecule has 1 aromatic heterocycles. The summed E-state index contributed by atoms with van der Waals surface area (Å²) in [6.45, 7) is 2.28. The lowest BCUT2D eigenvalue weighted by Gasteiger charge is -2.27. The molecule has 0 radical (unpaired) electrons. The van der Waals surface area contributed by atoms with Crippen molar-refractivity contribution in [2.24, 2.45) is 5.92 Å². The molecule has 2 unspecified atom stereocenters. The summed E-state index contributed by atoms with van der Waals surface area (Å²) >= 11 is 7.17. The molecule has 1 heterocycles. The van der Waals surface area contributed by atoms with Crippen LogP contribution in [-0.2, 0) is 0 Å². The van der Waals surface area contributed by atoms with E-state index < -0.39 is 0 Å². The maximum atomic E-state index is 8.79. The molecule has 0 saturated heterocycles. The topological polar surface area (TPSA) is 48.7 Å². The van der Waals surface area contributed by atoms with E-state index in [0.29, 0.717) is 16.1 Å². The molecular formula is C11H14ClN3S. The van der Waals surface area contributed by atoms with Crippen molar-refractivity contribution in [1.29, 1.82) is 5.26 Å². The van der Waals surface area contributed by atoms with E-state index in [0.717, 1.165) is 11.0 Å². The molecule has 0 aliphatic heterocycles. The second-order valence-corrected chi connectivity index (χ2v) is 5.72. The highest BCUT2D eigenvalue weighted by atomic mass is 35.5. The summed E-state index contributed by atoms with van der Waals surface area (Å²) in [5.74, 6) is 0.775. The Bertz CT molecular complexity index is 410. The number of halogens is 1. The fourth-order valence-electron chi connectivity index (χ4n) is 2.17. The molecule has 86 valence electrons. The zero-order valence-corrected chi connectivity index (χ0v) is 10.7. The molecule has 2 atom stereocenters. The van der Waals surface area contributed by atoms with Crippen LogP contribution in [0.25, 0.3) is 0 Å². The van der Waals surface area contributed by atoms with Crippen molar-refractivity contribution in [3.63, 3.8) is 0 Å². The van der Waals surface area contributed by atoms with Gasteiger partial charge in [0.15, 0.2) is 10.3 Å². The van der Waals surface area contributed by atoms with E-state index >= 15 is 0 Å². The summed E-state index contributed by atoms with van der Waals surface area (Å²) in [6.07, 6.45) is 4.95. The van der Waals surface area contributed by atoms with E-state index in [9.17, 15) is 0 Å². The number of hydrogen-bond donors (Lipinski definition) is 1. The largest absolute Gasteiger partial charge is 0.359 e. The Morgan fingerprint density at radius 1 is 1.56 bits per heavy atom. The van der Waals surface area contributed by atoms with Gasteiger partial charge in [0, 0.05) is 6.04 Å². The van der Waals surface area contributed by atoms with Crippen LogP contribution in [0.3, 0.4) is 0 Å². The Balaban J connectivity index is 2.00. The lowest BCUT2D eigenvalue weighted by molar-refractivity contribution is 0.358. The molecule has 1 aliphatic rings. The number of rotatable bonds is 2. The molecule has 1 aliphatic carbocycles. The van der Waals surface area contributed by atoms with Gasteiger partial charge in [0.1, 0.15) is 10.9 Å². The van der Waals surface area contributed by atoms with Crippen LogP contribution in [-0.4, -0.2) is 11.0 Å². The fraction of sp³-hybridized carbons (Fsp3) is 0.636. The Morgan fingerprint density at radius 3 is 3.00 bits per heavy atom. The number of hydrogen-bond acceptors (Lipinski definition) is 4. The monoisotopic (exact) mass is 255 g/mol. The van der Waals surface area contributed by atoms with Crippen molar-refractivity contribution in [1.82, 2.24) is 4.98 Å². The minimum atomic E-state index is 0.318. The smallest absolute Gasteiger partial charge is 0.185 e. The quantitative estimate of drug-likeness (QED) is 0.877. The molecule has 0 spiro atoms. The molecule has 0 amide bonds. The molecule has 1 saturated carbocycles. The van der Waals surface area contributed by atoms with Gasteiger partial charge in [0.25, 0.3) is 0 Å². The van der Waals surface area contributed by atoms with Crippen molar-refractivity contribution in [3.05, 3.63) is 10.0 Å². The number of thiazole rings is 1. The Kier molecular flexibility index (Phi) is 3.67. The molecule has 16 heavy (non-hydrogen) atoms. The van der Waals surface area contributed by atoms with E-state index in [1.54, 1.807) is 0 Å². The highest BCUT2D eigenvalue weighted by molar-refractivity contribution is 7.16. The lowest BCUT2D eigenvalue weighted by Crippen LogP contribution is -2.26. The van der Waals surface area contributed by atoms with Crippen LogP contribution >= 0.6 is 22.9 Å². The molecule has 1 aromatic rings. The molecule has 2 rings (SSSR count). The van der Waals surface area contributed by atoms with Crippen molar-refractivity contribution < 1.29 is 0 Å². The van der Waals surface area contributed by atoms with Crippen molar-refractivity contribution in [2.45, 2.75) is 38.6 Å². The van der Waals surface area contributed by atoms with Gasteiger partial charge in [-0.15, -0.1) is 0 Å². The maximum absolute atomic E-state index is 8.79. The summed E-state index contributed by atoms with van der Waals surface area (Å²) in [6, 6.07) is 2.53. The molecule has 3 nitrogen and oxygen atoms in total. The third-order valence-corrected chi connectivity index (χ3v) is 4.23. The van der Waals surface area contributed by atoms with Crippen molar-refractivity contribution in [3.8, 4) is 6.07 Å². The van der Waals surface area contributed by atoms with Gasteiger partial charge < -0.3 is 5.32 Å². The summed E-state index contributed by atoms with van der Waals surface area (Å²) in [4.78, 5) is 4.64. The van der Waals surface area contributed by atoms with Gasteiger partial charge in [0.05, 0.1) is 0 Å². The van der Waals surface area contributed by atoms with E-state index in [1.165, 1.54) is 37.0 Å². The Morgan fingerprint density at radius 2 is 2.38 bits per heavy atom. The van der Waals surface area contributed by atoms with Gasteiger partial charge in [-0.1, -0.05) is 42.7 Å². The van der Waals surface area contributed by atoms with Crippen LogP contribution in [0.2, 0.25) is 5.15 Å². The predicted molar refractivity (Wildman–Crippen MR) is 66.9 cm³/mol. The standard InChI is InChI=1S/C11H14ClN3S/c1-7-3-2-4-8(5-7)14-11-15-10(12)9(6-13)16-11/h7-8H,2-5H2,1H3,(H,14,15). The lowest BCUT2D eigenvalue weighted by atomic mass is 9.87. The average Bonchev–Trinajstić information content (AvgIpc) is 2.58. The first-order valence-corrected chi connectivity index (χ1v) is 6.71. The first-order chi connectivity index (χ1) is 7.69. The van der Waals surface area contributed by atoms with Crippen LogP contribution in [0.5, 0.6) is 0 Å². The highest BCUT2D eigenvalue weighted by Crippen LogP contribution is 2.30. The molecule has 5 heteroatoms. The third kappa shape index (κ3) is 2.66. The van der Waals surface area contributed by atoms with E-state index in [1.807, 2.05) is 6.07 Å².